The molecule has 1 amide bonds. The van der Waals surface area contributed by atoms with Crippen LogP contribution in [0.25, 0.3) is 22.2 Å². The van der Waals surface area contributed by atoms with Crippen molar-refractivity contribution in [1.29, 1.82) is 0 Å². The van der Waals surface area contributed by atoms with Crippen molar-refractivity contribution in [2.75, 3.05) is 31.1 Å². The highest BCUT2D eigenvalue weighted by Crippen LogP contribution is 2.41. The Morgan fingerprint density at radius 3 is 2.55 bits per heavy atom. The summed E-state index contributed by atoms with van der Waals surface area (Å²) in [6.07, 6.45) is 3.77. The van der Waals surface area contributed by atoms with E-state index in [2.05, 4.69) is 24.7 Å². The van der Waals surface area contributed by atoms with E-state index in [1.165, 1.54) is 0 Å². The number of carbonyl (C=O) groups is 1. The van der Waals surface area contributed by atoms with E-state index in [0.717, 1.165) is 35.4 Å². The highest BCUT2D eigenvalue weighted by atomic mass is 28.3. The topological polar surface area (TPSA) is 90.5 Å². The lowest BCUT2D eigenvalue weighted by molar-refractivity contribution is -0.000387. The number of hydrogen-bond donors (Lipinski definition) is 0. The van der Waals surface area contributed by atoms with Gasteiger partial charge in [0.2, 0.25) is 0 Å². The van der Waals surface area contributed by atoms with E-state index in [1.54, 1.807) is 26.9 Å². The number of fused-ring (bicyclic) bond motifs is 1. The second kappa shape index (κ2) is 12.6. The van der Waals surface area contributed by atoms with Crippen molar-refractivity contribution in [3.05, 3.63) is 60.1 Å². The summed E-state index contributed by atoms with van der Waals surface area (Å²) >= 11 is 0. The number of anilines is 1. The summed E-state index contributed by atoms with van der Waals surface area (Å²) in [5, 5.41) is 10.0. The van der Waals surface area contributed by atoms with Crippen LogP contribution < -0.4 is 4.90 Å². The second-order valence-corrected chi connectivity index (χ2v) is 20.3. The summed E-state index contributed by atoms with van der Waals surface area (Å²) in [5.74, 6) is -0.755. The third kappa shape index (κ3) is 7.33. The van der Waals surface area contributed by atoms with Crippen LogP contribution in [-0.2, 0) is 16.2 Å². The van der Waals surface area contributed by atoms with E-state index >= 15 is 4.39 Å². The van der Waals surface area contributed by atoms with Gasteiger partial charge in [-0.1, -0.05) is 19.6 Å². The number of ether oxygens (including phenoxy) is 2. The molecule has 0 radical (unpaired) electrons. The maximum atomic E-state index is 15.0. The molecule has 2 aliphatic heterocycles. The third-order valence-electron chi connectivity index (χ3n) is 8.44. The van der Waals surface area contributed by atoms with Crippen LogP contribution in [0.5, 0.6) is 0 Å². The SMILES string of the molecule is CC(C)(C)OC(=O)N1CC(n2cc(-c3cnc4c(c3)c(N3C[C@@H](F)C[C@@H]3c3cc(F)ccc3F)nn4COCC[Si](C)(C)C)cn2)C1. The van der Waals surface area contributed by atoms with Gasteiger partial charge in [0.1, 0.15) is 30.1 Å². The summed E-state index contributed by atoms with van der Waals surface area (Å²) < 4.78 is 59.2. The molecule has 2 atom stereocenters. The van der Waals surface area contributed by atoms with Crippen LogP contribution in [-0.4, -0.2) is 81.6 Å². The molecule has 0 aliphatic carbocycles. The number of rotatable bonds is 9. The Labute approximate surface area is 273 Å². The molecule has 2 fully saturated rings. The molecule has 0 bridgehead atoms. The molecule has 252 valence electrons. The quantitative estimate of drug-likeness (QED) is 0.141. The molecule has 0 N–H and O–H groups in total. The maximum absolute atomic E-state index is 15.0. The zero-order valence-corrected chi connectivity index (χ0v) is 28.7. The summed E-state index contributed by atoms with van der Waals surface area (Å²) in [5.41, 5.74) is 1.63. The number of nitrogens with zero attached hydrogens (tertiary/aromatic N) is 7. The van der Waals surface area contributed by atoms with E-state index in [0.29, 0.717) is 36.5 Å². The second-order valence-electron chi connectivity index (χ2n) is 14.7. The Morgan fingerprint density at radius 1 is 1.06 bits per heavy atom. The van der Waals surface area contributed by atoms with Gasteiger partial charge in [-0.3, -0.25) is 4.68 Å². The number of carbonyl (C=O) groups excluding carboxylic acids is 1. The normalized spacial score (nSPS) is 19.1. The van der Waals surface area contributed by atoms with Crippen molar-refractivity contribution in [3.8, 4) is 11.1 Å². The number of likely N-dealkylation sites (tertiary alicyclic amines) is 1. The molecular weight excluding hydrogens is 627 g/mol. The molecule has 4 aromatic rings. The molecule has 5 heterocycles. The lowest BCUT2D eigenvalue weighted by Crippen LogP contribution is -2.52. The summed E-state index contributed by atoms with van der Waals surface area (Å²) in [6, 6.07) is 5.42. The monoisotopic (exact) mass is 669 g/mol. The summed E-state index contributed by atoms with van der Waals surface area (Å²) in [7, 11) is -1.32. The molecule has 0 unspecified atom stereocenters. The molecule has 10 nitrogen and oxygen atoms in total. The van der Waals surface area contributed by atoms with Gasteiger partial charge >= 0.3 is 6.09 Å². The van der Waals surface area contributed by atoms with Gasteiger partial charge in [-0.05, 0) is 51.1 Å². The fourth-order valence-electron chi connectivity index (χ4n) is 5.90. The molecule has 2 aliphatic rings. The van der Waals surface area contributed by atoms with Gasteiger partial charge in [0, 0.05) is 63.3 Å². The zero-order chi connectivity index (χ0) is 33.7. The van der Waals surface area contributed by atoms with Crippen molar-refractivity contribution >= 4 is 31.0 Å². The van der Waals surface area contributed by atoms with Gasteiger partial charge in [0.05, 0.1) is 30.2 Å². The summed E-state index contributed by atoms with van der Waals surface area (Å²) in [6.45, 7) is 14.0. The first-order valence-electron chi connectivity index (χ1n) is 16.0. The van der Waals surface area contributed by atoms with E-state index in [4.69, 9.17) is 19.6 Å². The summed E-state index contributed by atoms with van der Waals surface area (Å²) in [4.78, 5) is 20.5. The van der Waals surface area contributed by atoms with Gasteiger partial charge in [-0.15, -0.1) is 0 Å². The average Bonchev–Trinajstić information content (AvgIpc) is 3.67. The Bertz CT molecular complexity index is 1760. The third-order valence-corrected chi connectivity index (χ3v) is 10.1. The van der Waals surface area contributed by atoms with Gasteiger partial charge in [-0.2, -0.15) is 10.2 Å². The molecular formula is C33H42F3N7O3Si. The average molecular weight is 670 g/mol. The van der Waals surface area contributed by atoms with Crippen molar-refractivity contribution in [3.63, 3.8) is 0 Å². The Morgan fingerprint density at radius 2 is 1.83 bits per heavy atom. The number of benzene rings is 1. The van der Waals surface area contributed by atoms with Crippen LogP contribution in [0.2, 0.25) is 25.7 Å². The molecule has 6 rings (SSSR count). The number of aromatic nitrogens is 5. The lowest BCUT2D eigenvalue weighted by atomic mass is 10.0. The molecule has 0 spiro atoms. The van der Waals surface area contributed by atoms with Crippen LogP contribution in [0.15, 0.2) is 42.9 Å². The predicted octanol–water partition coefficient (Wildman–Crippen LogP) is 6.97. The maximum Gasteiger partial charge on any atom is 0.410 e. The smallest absolute Gasteiger partial charge is 0.410 e. The van der Waals surface area contributed by atoms with E-state index in [-0.39, 0.29) is 37.4 Å². The predicted molar refractivity (Wildman–Crippen MR) is 176 cm³/mol. The largest absolute Gasteiger partial charge is 0.444 e. The minimum Gasteiger partial charge on any atom is -0.444 e. The van der Waals surface area contributed by atoms with Crippen molar-refractivity contribution in [1.82, 2.24) is 29.4 Å². The minimum absolute atomic E-state index is 0.00300. The highest BCUT2D eigenvalue weighted by Gasteiger charge is 2.38. The molecule has 47 heavy (non-hydrogen) atoms. The highest BCUT2D eigenvalue weighted by molar-refractivity contribution is 6.76. The van der Waals surface area contributed by atoms with Crippen LogP contribution in [0, 0.1) is 11.6 Å². The molecule has 2 saturated heterocycles. The van der Waals surface area contributed by atoms with Gasteiger partial charge in [-0.25, -0.2) is 27.6 Å². The molecule has 0 saturated carbocycles. The van der Waals surface area contributed by atoms with Crippen molar-refractivity contribution in [2.45, 2.75) is 83.5 Å². The number of alkyl halides is 1. The number of amides is 1. The zero-order valence-electron chi connectivity index (χ0n) is 27.7. The minimum atomic E-state index is -1.32. The first-order valence-corrected chi connectivity index (χ1v) is 19.7. The van der Waals surface area contributed by atoms with Crippen LogP contribution >= 0.6 is 0 Å². The standard InChI is InChI=1S/C33H42F3N7O3Si/c1-33(2,3)46-32(44)40-18-25(19-40)42-16-22(15-38-42)21-11-27-30(37-14-21)43(20-45-9-10-47(4,5)6)39-31(27)41-17-24(35)13-29(41)26-12-23(34)7-8-28(26)36/h7-8,11-12,14-16,24-25,29H,9-10,13,17-20H2,1-6H3/t24-,29+/m0/s1. The van der Waals surface area contributed by atoms with Crippen molar-refractivity contribution < 1.29 is 27.4 Å². The van der Waals surface area contributed by atoms with Crippen LogP contribution in [0.3, 0.4) is 0 Å². The van der Waals surface area contributed by atoms with E-state index in [1.807, 2.05) is 37.7 Å². The number of pyridine rings is 1. The Hall–Kier alpha value is -3.91. The van der Waals surface area contributed by atoms with Crippen LogP contribution in [0.4, 0.5) is 23.8 Å². The fourth-order valence-corrected chi connectivity index (χ4v) is 6.66. The number of halogens is 3. The lowest BCUT2D eigenvalue weighted by Gasteiger charge is -2.39. The Kier molecular flexibility index (Phi) is 8.85. The molecule has 1 aromatic carbocycles. The van der Waals surface area contributed by atoms with Crippen LogP contribution in [0.1, 0.15) is 44.8 Å². The Balaban J connectivity index is 1.30. The molecule has 14 heteroatoms. The number of hydrogen-bond acceptors (Lipinski definition) is 7. The van der Waals surface area contributed by atoms with E-state index in [9.17, 15) is 13.6 Å². The van der Waals surface area contributed by atoms with Gasteiger partial charge in [0.15, 0.2) is 11.5 Å². The molecule has 3 aromatic heterocycles. The first-order chi connectivity index (χ1) is 22.1. The first kappa shape index (κ1) is 33.0. The fraction of sp³-hybridized carbons (Fsp3) is 0.515. The van der Waals surface area contributed by atoms with Crippen molar-refractivity contribution in [2.24, 2.45) is 0 Å². The van der Waals surface area contributed by atoms with Gasteiger partial charge < -0.3 is 19.3 Å². The van der Waals surface area contributed by atoms with E-state index < -0.39 is 37.5 Å². The van der Waals surface area contributed by atoms with Gasteiger partial charge in [0.25, 0.3) is 0 Å².